The van der Waals surface area contributed by atoms with Gasteiger partial charge in [0.2, 0.25) is 5.91 Å². The van der Waals surface area contributed by atoms with Crippen molar-refractivity contribution in [2.75, 3.05) is 37.6 Å². The van der Waals surface area contributed by atoms with Crippen LogP contribution in [-0.4, -0.2) is 54.4 Å². The molecule has 2 amide bonds. The molecule has 0 radical (unpaired) electrons. The lowest BCUT2D eigenvalue weighted by atomic mass is 10.1. The summed E-state index contributed by atoms with van der Waals surface area (Å²) >= 11 is 0. The van der Waals surface area contributed by atoms with E-state index in [0.717, 1.165) is 29.7 Å². The standard InChI is InChI=1S/C23H24N4O2/c28-22(27-15-13-26(14-16-27)21-7-3-4-11-24-21)10-12-25-23(29)20-9-8-18-5-1-2-6-19(18)17-20/h1-9,11,17H,10,12-16H2,(H,25,29). The van der Waals surface area contributed by atoms with Gasteiger partial charge in [-0.25, -0.2) is 4.98 Å². The van der Waals surface area contributed by atoms with Crippen LogP contribution in [0.4, 0.5) is 5.82 Å². The molecule has 1 aromatic heterocycles. The summed E-state index contributed by atoms with van der Waals surface area (Å²) in [5.74, 6) is 0.871. The number of piperazine rings is 1. The Balaban J connectivity index is 1.24. The van der Waals surface area contributed by atoms with E-state index in [4.69, 9.17) is 0 Å². The lowest BCUT2D eigenvalue weighted by molar-refractivity contribution is -0.131. The van der Waals surface area contributed by atoms with Crippen LogP contribution in [0.1, 0.15) is 16.8 Å². The number of fused-ring (bicyclic) bond motifs is 1. The van der Waals surface area contributed by atoms with Crippen LogP contribution in [0.15, 0.2) is 66.9 Å². The molecule has 0 atom stereocenters. The molecule has 2 aromatic carbocycles. The predicted molar refractivity (Wildman–Crippen MR) is 114 cm³/mol. The fourth-order valence-electron chi connectivity index (χ4n) is 3.60. The number of anilines is 1. The molecular weight excluding hydrogens is 364 g/mol. The van der Waals surface area contributed by atoms with Gasteiger partial charge in [-0.05, 0) is 35.0 Å². The first-order valence-corrected chi connectivity index (χ1v) is 9.91. The van der Waals surface area contributed by atoms with E-state index < -0.39 is 0 Å². The number of nitrogens with zero attached hydrogens (tertiary/aromatic N) is 3. The summed E-state index contributed by atoms with van der Waals surface area (Å²) in [4.78, 5) is 33.3. The predicted octanol–water partition coefficient (Wildman–Crippen LogP) is 2.70. The van der Waals surface area contributed by atoms with E-state index in [-0.39, 0.29) is 11.8 Å². The highest BCUT2D eigenvalue weighted by Crippen LogP contribution is 2.16. The van der Waals surface area contributed by atoms with Gasteiger partial charge in [0.15, 0.2) is 0 Å². The third-order valence-electron chi connectivity index (χ3n) is 5.24. The van der Waals surface area contributed by atoms with Crippen molar-refractivity contribution in [3.8, 4) is 0 Å². The zero-order valence-corrected chi connectivity index (χ0v) is 16.3. The first-order valence-electron chi connectivity index (χ1n) is 9.91. The zero-order chi connectivity index (χ0) is 20.1. The smallest absolute Gasteiger partial charge is 0.251 e. The van der Waals surface area contributed by atoms with Gasteiger partial charge in [0.1, 0.15) is 5.82 Å². The average molecular weight is 388 g/mol. The van der Waals surface area contributed by atoms with Crippen molar-refractivity contribution in [3.63, 3.8) is 0 Å². The molecular formula is C23H24N4O2. The first kappa shape index (κ1) is 18.9. The Hall–Kier alpha value is -3.41. The van der Waals surface area contributed by atoms with Crippen molar-refractivity contribution in [1.29, 1.82) is 0 Å². The topological polar surface area (TPSA) is 65.5 Å². The molecule has 1 N–H and O–H groups in total. The minimum Gasteiger partial charge on any atom is -0.353 e. The summed E-state index contributed by atoms with van der Waals surface area (Å²) in [5.41, 5.74) is 0.611. The quantitative estimate of drug-likeness (QED) is 0.730. The third-order valence-corrected chi connectivity index (χ3v) is 5.24. The first-order chi connectivity index (χ1) is 14.2. The highest BCUT2D eigenvalue weighted by molar-refractivity contribution is 5.98. The number of aromatic nitrogens is 1. The van der Waals surface area contributed by atoms with Crippen molar-refractivity contribution >= 4 is 28.4 Å². The second-order valence-electron chi connectivity index (χ2n) is 7.12. The minimum absolute atomic E-state index is 0.0736. The van der Waals surface area contributed by atoms with Crippen LogP contribution in [-0.2, 0) is 4.79 Å². The second kappa shape index (κ2) is 8.73. The van der Waals surface area contributed by atoms with Crippen LogP contribution in [0.3, 0.4) is 0 Å². The number of rotatable bonds is 5. The summed E-state index contributed by atoms with van der Waals surface area (Å²) in [6.45, 7) is 3.23. The van der Waals surface area contributed by atoms with Gasteiger partial charge in [0.25, 0.3) is 5.91 Å². The molecule has 3 aromatic rings. The van der Waals surface area contributed by atoms with Crippen LogP contribution < -0.4 is 10.2 Å². The Morgan fingerprint density at radius 1 is 0.897 bits per heavy atom. The second-order valence-corrected chi connectivity index (χ2v) is 7.12. The van der Waals surface area contributed by atoms with Gasteiger partial charge < -0.3 is 15.1 Å². The number of hydrogen-bond donors (Lipinski definition) is 1. The van der Waals surface area contributed by atoms with E-state index in [1.807, 2.05) is 65.6 Å². The number of benzene rings is 2. The number of amides is 2. The van der Waals surface area contributed by atoms with Crippen molar-refractivity contribution in [1.82, 2.24) is 15.2 Å². The fourth-order valence-corrected chi connectivity index (χ4v) is 3.60. The van der Waals surface area contributed by atoms with Crippen LogP contribution in [0, 0.1) is 0 Å². The molecule has 0 spiro atoms. The van der Waals surface area contributed by atoms with Crippen LogP contribution >= 0.6 is 0 Å². The Bertz CT molecular complexity index is 998. The van der Waals surface area contributed by atoms with Gasteiger partial charge in [-0.3, -0.25) is 9.59 Å². The van der Waals surface area contributed by atoms with Gasteiger partial charge in [-0.2, -0.15) is 0 Å². The lowest BCUT2D eigenvalue weighted by Gasteiger charge is -2.35. The van der Waals surface area contributed by atoms with Gasteiger partial charge in [-0.1, -0.05) is 36.4 Å². The van der Waals surface area contributed by atoms with E-state index in [1.165, 1.54) is 0 Å². The molecule has 4 rings (SSSR count). The molecule has 6 nitrogen and oxygen atoms in total. The summed E-state index contributed by atoms with van der Waals surface area (Å²) in [5, 5.41) is 4.99. The molecule has 1 aliphatic heterocycles. The third kappa shape index (κ3) is 4.54. The van der Waals surface area contributed by atoms with E-state index >= 15 is 0 Å². The average Bonchev–Trinajstić information content (AvgIpc) is 2.79. The molecule has 29 heavy (non-hydrogen) atoms. The van der Waals surface area contributed by atoms with E-state index in [1.54, 1.807) is 6.20 Å². The van der Waals surface area contributed by atoms with Gasteiger partial charge >= 0.3 is 0 Å². The molecule has 1 fully saturated rings. The number of pyridine rings is 1. The summed E-state index contributed by atoms with van der Waals surface area (Å²) < 4.78 is 0. The maximum absolute atomic E-state index is 12.5. The molecule has 148 valence electrons. The van der Waals surface area contributed by atoms with Crippen LogP contribution in [0.5, 0.6) is 0 Å². The monoisotopic (exact) mass is 388 g/mol. The number of carbonyl (C=O) groups is 2. The molecule has 1 saturated heterocycles. The highest BCUT2D eigenvalue weighted by atomic mass is 16.2. The molecule has 6 heteroatoms. The summed E-state index contributed by atoms with van der Waals surface area (Å²) in [7, 11) is 0. The fraction of sp³-hybridized carbons (Fsp3) is 0.261. The Morgan fingerprint density at radius 2 is 1.66 bits per heavy atom. The highest BCUT2D eigenvalue weighted by Gasteiger charge is 2.21. The largest absolute Gasteiger partial charge is 0.353 e. The van der Waals surface area contributed by atoms with Crippen molar-refractivity contribution in [3.05, 3.63) is 72.4 Å². The number of carbonyl (C=O) groups excluding carboxylic acids is 2. The van der Waals surface area contributed by atoms with Gasteiger partial charge in [0.05, 0.1) is 0 Å². The zero-order valence-electron chi connectivity index (χ0n) is 16.3. The van der Waals surface area contributed by atoms with Gasteiger partial charge in [-0.15, -0.1) is 0 Å². The van der Waals surface area contributed by atoms with Crippen molar-refractivity contribution in [2.45, 2.75) is 6.42 Å². The van der Waals surface area contributed by atoms with Gasteiger partial charge in [0, 0.05) is 50.9 Å². The van der Waals surface area contributed by atoms with Crippen LogP contribution in [0.2, 0.25) is 0 Å². The Labute approximate surface area is 170 Å². The summed E-state index contributed by atoms with van der Waals surface area (Å²) in [6.07, 6.45) is 2.09. The SMILES string of the molecule is O=C(NCCC(=O)N1CCN(c2ccccn2)CC1)c1ccc2ccccc2c1. The minimum atomic E-state index is -0.150. The molecule has 0 unspecified atom stereocenters. The van der Waals surface area contributed by atoms with Crippen LogP contribution in [0.25, 0.3) is 10.8 Å². The number of nitrogens with one attached hydrogen (secondary N) is 1. The maximum Gasteiger partial charge on any atom is 0.251 e. The van der Waals surface area contributed by atoms with E-state index in [9.17, 15) is 9.59 Å². The Morgan fingerprint density at radius 3 is 2.41 bits per heavy atom. The Kier molecular flexibility index (Phi) is 5.70. The molecule has 0 bridgehead atoms. The maximum atomic E-state index is 12.5. The number of hydrogen-bond acceptors (Lipinski definition) is 4. The van der Waals surface area contributed by atoms with E-state index in [0.29, 0.717) is 31.6 Å². The molecule has 0 aliphatic carbocycles. The molecule has 0 saturated carbocycles. The lowest BCUT2D eigenvalue weighted by Crippen LogP contribution is -2.49. The van der Waals surface area contributed by atoms with E-state index in [2.05, 4.69) is 15.2 Å². The van der Waals surface area contributed by atoms with Crippen molar-refractivity contribution < 1.29 is 9.59 Å². The summed E-state index contributed by atoms with van der Waals surface area (Å²) in [6, 6.07) is 19.4. The normalized spacial score (nSPS) is 14.1. The molecule has 1 aliphatic rings. The van der Waals surface area contributed by atoms with Crippen molar-refractivity contribution in [2.24, 2.45) is 0 Å². The molecule has 2 heterocycles.